The maximum atomic E-state index is 4.52. The molecule has 3 aromatic heterocycles. The van der Waals surface area contributed by atoms with Gasteiger partial charge >= 0.3 is 0 Å². The van der Waals surface area contributed by atoms with Gasteiger partial charge in [0.15, 0.2) is 11.5 Å². The summed E-state index contributed by atoms with van der Waals surface area (Å²) >= 11 is 0. The average Bonchev–Trinajstić information content (AvgIpc) is 2.96. The van der Waals surface area contributed by atoms with Crippen molar-refractivity contribution in [3.8, 4) is 0 Å². The van der Waals surface area contributed by atoms with Crippen LogP contribution in [0.4, 0.5) is 0 Å². The molecule has 5 nitrogen and oxygen atoms in total. The molecule has 0 fully saturated rings. The summed E-state index contributed by atoms with van der Waals surface area (Å²) in [6.07, 6.45) is 1.81. The Labute approximate surface area is 127 Å². The van der Waals surface area contributed by atoms with E-state index in [0.717, 1.165) is 28.1 Å². The molecule has 0 bridgehead atoms. The summed E-state index contributed by atoms with van der Waals surface area (Å²) in [5, 5.41) is 14.2. The van der Waals surface area contributed by atoms with Crippen LogP contribution in [0.5, 0.6) is 0 Å². The number of aromatic nitrogens is 5. The van der Waals surface area contributed by atoms with Gasteiger partial charge in [-0.1, -0.05) is 19.1 Å². The molecule has 0 saturated carbocycles. The van der Waals surface area contributed by atoms with E-state index in [1.807, 2.05) is 41.9 Å². The highest BCUT2D eigenvalue weighted by Gasteiger charge is 2.17. The Morgan fingerprint density at radius 2 is 1.95 bits per heavy atom. The van der Waals surface area contributed by atoms with Crippen LogP contribution in [0.1, 0.15) is 29.9 Å². The number of rotatable bonds is 2. The molecule has 108 valence electrons. The smallest absolute Gasteiger partial charge is 0.177 e. The van der Waals surface area contributed by atoms with E-state index in [0.29, 0.717) is 0 Å². The maximum absolute atomic E-state index is 4.52. The lowest BCUT2D eigenvalue weighted by Gasteiger charge is -2.10. The number of fused-ring (bicyclic) bond motifs is 2. The average molecular weight is 289 g/mol. The van der Waals surface area contributed by atoms with Crippen molar-refractivity contribution in [3.63, 3.8) is 0 Å². The van der Waals surface area contributed by atoms with E-state index in [-0.39, 0.29) is 5.92 Å². The number of aryl methyl sites for hydroxylation is 1. The van der Waals surface area contributed by atoms with Gasteiger partial charge in [0, 0.05) is 17.5 Å². The Balaban J connectivity index is 1.84. The Hall–Kier alpha value is -2.82. The molecule has 0 amide bonds. The molecule has 5 heteroatoms. The largest absolute Gasteiger partial charge is 0.256 e. The van der Waals surface area contributed by atoms with Crippen LogP contribution in [0.3, 0.4) is 0 Å². The zero-order valence-electron chi connectivity index (χ0n) is 12.4. The van der Waals surface area contributed by atoms with Crippen molar-refractivity contribution in [2.45, 2.75) is 19.8 Å². The Kier molecular flexibility index (Phi) is 2.85. The van der Waals surface area contributed by atoms with Crippen LogP contribution >= 0.6 is 0 Å². The highest BCUT2D eigenvalue weighted by atomic mass is 15.4. The van der Waals surface area contributed by atoms with Gasteiger partial charge in [-0.2, -0.15) is 9.61 Å². The molecule has 0 aliphatic carbocycles. The minimum Gasteiger partial charge on any atom is -0.256 e. The van der Waals surface area contributed by atoms with E-state index in [9.17, 15) is 0 Å². The van der Waals surface area contributed by atoms with Crippen molar-refractivity contribution in [1.29, 1.82) is 0 Å². The number of nitrogens with zero attached hydrogens (tertiary/aromatic N) is 5. The molecular weight excluding hydrogens is 274 g/mol. The standard InChI is InChI=1S/C17H15N5/c1-11-5-8-16-19-20-17(22(16)21-11)12(2)13-6-7-15-14(10-13)4-3-9-18-15/h3-10,12H,1-2H3. The fourth-order valence-corrected chi connectivity index (χ4v) is 2.68. The summed E-state index contributed by atoms with van der Waals surface area (Å²) in [7, 11) is 0. The SMILES string of the molecule is Cc1ccc2nnc(C(C)c3ccc4ncccc4c3)n2n1. The summed E-state index contributed by atoms with van der Waals surface area (Å²) < 4.78 is 1.83. The topological polar surface area (TPSA) is 56.0 Å². The monoisotopic (exact) mass is 289 g/mol. The van der Waals surface area contributed by atoms with Gasteiger partial charge in [-0.25, -0.2) is 0 Å². The third-order valence-electron chi connectivity index (χ3n) is 3.93. The van der Waals surface area contributed by atoms with E-state index < -0.39 is 0 Å². The minimum absolute atomic E-state index is 0.105. The minimum atomic E-state index is 0.105. The van der Waals surface area contributed by atoms with Gasteiger partial charge in [0.25, 0.3) is 0 Å². The van der Waals surface area contributed by atoms with Gasteiger partial charge in [0.2, 0.25) is 0 Å². The zero-order valence-corrected chi connectivity index (χ0v) is 12.4. The van der Waals surface area contributed by atoms with E-state index in [1.54, 1.807) is 0 Å². The van der Waals surface area contributed by atoms with Crippen LogP contribution in [0.2, 0.25) is 0 Å². The van der Waals surface area contributed by atoms with Gasteiger partial charge in [0.05, 0.1) is 11.2 Å². The fourth-order valence-electron chi connectivity index (χ4n) is 2.68. The van der Waals surface area contributed by atoms with Crippen LogP contribution in [-0.2, 0) is 0 Å². The summed E-state index contributed by atoms with van der Waals surface area (Å²) in [6.45, 7) is 4.09. The first kappa shape index (κ1) is 12.9. The maximum Gasteiger partial charge on any atom is 0.177 e. The lowest BCUT2D eigenvalue weighted by molar-refractivity contribution is 0.743. The molecule has 4 aromatic rings. The lowest BCUT2D eigenvalue weighted by atomic mass is 9.98. The first-order valence-electron chi connectivity index (χ1n) is 7.26. The van der Waals surface area contributed by atoms with Crippen LogP contribution in [-0.4, -0.2) is 24.8 Å². The van der Waals surface area contributed by atoms with E-state index in [4.69, 9.17) is 0 Å². The van der Waals surface area contributed by atoms with Crippen molar-refractivity contribution in [2.24, 2.45) is 0 Å². The summed E-state index contributed by atoms with van der Waals surface area (Å²) in [4.78, 5) is 4.36. The Morgan fingerprint density at radius 1 is 1.05 bits per heavy atom. The quantitative estimate of drug-likeness (QED) is 0.569. The summed E-state index contributed by atoms with van der Waals surface area (Å²) in [5.74, 6) is 0.954. The molecule has 22 heavy (non-hydrogen) atoms. The van der Waals surface area contributed by atoms with Gasteiger partial charge in [-0.3, -0.25) is 4.98 Å². The van der Waals surface area contributed by atoms with Crippen LogP contribution < -0.4 is 0 Å². The van der Waals surface area contributed by atoms with Gasteiger partial charge in [-0.05, 0) is 42.8 Å². The first-order valence-corrected chi connectivity index (χ1v) is 7.26. The number of pyridine rings is 1. The van der Waals surface area contributed by atoms with Crippen molar-refractivity contribution in [3.05, 3.63) is 65.7 Å². The normalized spacial score (nSPS) is 12.8. The molecule has 0 spiro atoms. The van der Waals surface area contributed by atoms with Crippen molar-refractivity contribution in [1.82, 2.24) is 24.8 Å². The summed E-state index contributed by atoms with van der Waals surface area (Å²) in [5.41, 5.74) is 3.90. The molecule has 0 N–H and O–H groups in total. The van der Waals surface area contributed by atoms with Crippen LogP contribution in [0.25, 0.3) is 16.6 Å². The number of hydrogen-bond acceptors (Lipinski definition) is 4. The molecule has 0 saturated heterocycles. The Bertz CT molecular complexity index is 973. The number of hydrogen-bond donors (Lipinski definition) is 0. The lowest BCUT2D eigenvalue weighted by Crippen LogP contribution is -2.05. The first-order chi connectivity index (χ1) is 10.7. The molecule has 0 aliphatic rings. The fraction of sp³-hybridized carbons (Fsp3) is 0.176. The van der Waals surface area contributed by atoms with Gasteiger partial charge < -0.3 is 0 Å². The molecule has 0 radical (unpaired) electrons. The second-order valence-corrected chi connectivity index (χ2v) is 5.48. The van der Waals surface area contributed by atoms with Crippen molar-refractivity contribution in [2.75, 3.05) is 0 Å². The molecule has 4 rings (SSSR count). The van der Waals surface area contributed by atoms with E-state index in [1.165, 1.54) is 5.56 Å². The zero-order chi connectivity index (χ0) is 15.1. The van der Waals surface area contributed by atoms with Gasteiger partial charge in [0.1, 0.15) is 0 Å². The summed E-state index contributed by atoms with van der Waals surface area (Å²) in [6, 6.07) is 14.2. The van der Waals surface area contributed by atoms with E-state index in [2.05, 4.69) is 45.4 Å². The second-order valence-electron chi connectivity index (χ2n) is 5.48. The highest BCUT2D eigenvalue weighted by molar-refractivity contribution is 5.79. The predicted octanol–water partition coefficient (Wildman–Crippen LogP) is 3.13. The molecule has 0 aliphatic heterocycles. The predicted molar refractivity (Wildman–Crippen MR) is 84.8 cm³/mol. The molecule has 3 heterocycles. The van der Waals surface area contributed by atoms with E-state index >= 15 is 0 Å². The van der Waals surface area contributed by atoms with Gasteiger partial charge in [-0.15, -0.1) is 10.2 Å². The highest BCUT2D eigenvalue weighted by Crippen LogP contribution is 2.25. The third-order valence-corrected chi connectivity index (χ3v) is 3.93. The van der Waals surface area contributed by atoms with Crippen LogP contribution in [0.15, 0.2) is 48.7 Å². The van der Waals surface area contributed by atoms with Crippen molar-refractivity contribution >= 4 is 16.6 Å². The molecule has 1 atom stereocenters. The molecule has 1 unspecified atom stereocenters. The molecular formula is C17H15N5. The molecule has 1 aromatic carbocycles. The second kappa shape index (κ2) is 4.87. The van der Waals surface area contributed by atoms with Crippen molar-refractivity contribution < 1.29 is 0 Å². The number of benzene rings is 1. The Morgan fingerprint density at radius 3 is 2.86 bits per heavy atom. The third kappa shape index (κ3) is 2.02. The van der Waals surface area contributed by atoms with Crippen LogP contribution in [0, 0.1) is 6.92 Å².